The van der Waals surface area contributed by atoms with Gasteiger partial charge in [0, 0.05) is 53.3 Å². The van der Waals surface area contributed by atoms with E-state index in [-0.39, 0.29) is 54.5 Å². The Balaban J connectivity index is 1.32. The summed E-state index contributed by atoms with van der Waals surface area (Å²) in [5, 5.41) is 1.51. The molecule has 5 heterocycles. The largest absolute Gasteiger partial charge is 0.461 e. The standard InChI is InChI=1S/C35H35F3N6O2/c1-4-22-18(2)6-7-20-12-21(39)13-23(27(20)22)30-29(38)31-24(15-40-30)33(43-10-11-45-16-25-28(37)32(25)43)42-34(41-31)46-17-35-8-5-9-44(35)19(3)26(36)14-35/h1,6-7,12-13,15,19,25-26,28,32H,5,8-11,14,16-17,39H2,2-3H3/t19-,25+,26-,28+,32+,35+/m1/s1/i17D2. The number of anilines is 2. The molecule has 4 aromatic rings. The van der Waals surface area contributed by atoms with Gasteiger partial charge in [-0.2, -0.15) is 9.97 Å². The fourth-order valence-corrected chi connectivity index (χ4v) is 7.82. The van der Waals surface area contributed by atoms with Crippen molar-refractivity contribution < 1.29 is 25.4 Å². The Morgan fingerprint density at radius 3 is 2.93 bits per heavy atom. The quantitative estimate of drug-likeness (QED) is 0.233. The number of nitrogens with two attached hydrogens (primary N) is 1. The second-order valence-corrected chi connectivity index (χ2v) is 12.9. The first-order valence-corrected chi connectivity index (χ1v) is 15.7. The molecule has 2 N–H and O–H groups in total. The first kappa shape index (κ1) is 27.0. The highest BCUT2D eigenvalue weighted by atomic mass is 19.1. The van der Waals surface area contributed by atoms with Crippen LogP contribution in [0.3, 0.4) is 0 Å². The summed E-state index contributed by atoms with van der Waals surface area (Å²) in [7, 11) is 0. The Kier molecular flexibility index (Phi) is 6.29. The molecule has 3 saturated heterocycles. The molecule has 4 aliphatic rings. The van der Waals surface area contributed by atoms with Crippen molar-refractivity contribution in [2.75, 3.05) is 43.5 Å². The molecule has 0 amide bonds. The van der Waals surface area contributed by atoms with Crippen molar-refractivity contribution in [3.8, 4) is 29.6 Å². The second kappa shape index (κ2) is 10.7. The van der Waals surface area contributed by atoms with Crippen LogP contribution in [-0.2, 0) is 4.74 Å². The number of nitrogen functional groups attached to an aromatic ring is 1. The zero-order chi connectivity index (χ0) is 33.7. The Morgan fingerprint density at radius 1 is 1.26 bits per heavy atom. The van der Waals surface area contributed by atoms with Crippen LogP contribution in [0.4, 0.5) is 24.7 Å². The Bertz CT molecular complexity index is 2030. The molecule has 8 rings (SSSR count). The molecule has 2 aromatic carbocycles. The summed E-state index contributed by atoms with van der Waals surface area (Å²) in [5.41, 5.74) is 6.88. The van der Waals surface area contributed by atoms with Crippen LogP contribution in [0.5, 0.6) is 6.01 Å². The molecular formula is C35H35F3N6O2. The van der Waals surface area contributed by atoms with Crippen LogP contribution in [0.1, 0.15) is 40.1 Å². The molecule has 1 aliphatic carbocycles. The Morgan fingerprint density at radius 2 is 2.11 bits per heavy atom. The Labute approximate surface area is 267 Å². The average molecular weight is 631 g/mol. The number of alkyl halides is 2. The van der Waals surface area contributed by atoms with Crippen LogP contribution in [0.15, 0.2) is 30.5 Å². The van der Waals surface area contributed by atoms with Crippen molar-refractivity contribution >= 4 is 33.2 Å². The lowest BCUT2D eigenvalue weighted by molar-refractivity contribution is 0.0879. The summed E-state index contributed by atoms with van der Waals surface area (Å²) in [4.78, 5) is 17.1. The molecule has 0 radical (unpaired) electrons. The number of aromatic nitrogens is 3. The second-order valence-electron chi connectivity index (χ2n) is 12.9. The normalized spacial score (nSPS) is 30.0. The van der Waals surface area contributed by atoms with E-state index in [0.717, 1.165) is 5.56 Å². The third kappa shape index (κ3) is 4.41. The maximum atomic E-state index is 17.0. The lowest BCUT2D eigenvalue weighted by Crippen LogP contribution is -2.46. The van der Waals surface area contributed by atoms with Crippen molar-refractivity contribution in [2.24, 2.45) is 5.92 Å². The lowest BCUT2D eigenvalue weighted by atomic mass is 9.93. The molecule has 238 valence electrons. The van der Waals surface area contributed by atoms with Gasteiger partial charge < -0.3 is 20.1 Å². The fraction of sp³-hybridized carbons (Fsp3) is 0.457. The zero-order valence-electron chi connectivity index (χ0n) is 27.6. The minimum Gasteiger partial charge on any atom is -0.461 e. The number of rotatable bonds is 5. The van der Waals surface area contributed by atoms with E-state index in [0.29, 0.717) is 47.0 Å². The molecule has 0 unspecified atom stereocenters. The minimum absolute atomic E-state index is 0.0553. The number of fused-ring (bicyclic) bond motifs is 4. The molecule has 3 aliphatic heterocycles. The SMILES string of the molecule is [2H]C([2H])(Oc1nc(N2CCOC[C@H]3[C@H](F)[C@H]32)c2cnc(-c3cc(N)cc4ccc(C)c(C#C)c34)c(F)c2n1)[C@@]12CCCN1[C@H](C)[C@H](F)C2. The van der Waals surface area contributed by atoms with Gasteiger partial charge in [-0.3, -0.25) is 9.88 Å². The monoisotopic (exact) mass is 630 g/mol. The van der Waals surface area contributed by atoms with Gasteiger partial charge in [0.1, 0.15) is 35.9 Å². The van der Waals surface area contributed by atoms with Gasteiger partial charge in [-0.05, 0) is 56.3 Å². The molecule has 11 heteroatoms. The number of benzene rings is 2. The topological polar surface area (TPSA) is 89.6 Å². The molecule has 6 atom stereocenters. The van der Waals surface area contributed by atoms with E-state index in [1.165, 1.54) is 6.20 Å². The summed E-state index contributed by atoms with van der Waals surface area (Å²) in [5.74, 6) is 1.66. The highest BCUT2D eigenvalue weighted by Crippen LogP contribution is 2.46. The van der Waals surface area contributed by atoms with Crippen LogP contribution in [-0.4, -0.2) is 82.7 Å². The maximum absolute atomic E-state index is 17.0. The van der Waals surface area contributed by atoms with Crippen molar-refractivity contribution in [3.63, 3.8) is 0 Å². The summed E-state index contributed by atoms with van der Waals surface area (Å²) in [6.07, 6.45) is 5.93. The number of hydrogen-bond donors (Lipinski definition) is 1. The van der Waals surface area contributed by atoms with Crippen molar-refractivity contribution in [3.05, 3.63) is 47.4 Å². The first-order chi connectivity index (χ1) is 23.0. The average Bonchev–Trinajstić information content (AvgIpc) is 3.45. The van der Waals surface area contributed by atoms with E-state index in [2.05, 4.69) is 20.9 Å². The number of hydrogen-bond acceptors (Lipinski definition) is 8. The smallest absolute Gasteiger partial charge is 0.319 e. The number of nitrogens with zero attached hydrogens (tertiary/aromatic N) is 5. The number of pyridine rings is 1. The molecule has 4 fully saturated rings. The molecule has 8 nitrogen and oxygen atoms in total. The summed E-state index contributed by atoms with van der Waals surface area (Å²) >= 11 is 0. The summed E-state index contributed by atoms with van der Waals surface area (Å²) in [6.45, 7) is 2.49. The highest BCUT2D eigenvalue weighted by Gasteiger charge is 2.57. The van der Waals surface area contributed by atoms with E-state index in [9.17, 15) is 0 Å². The third-order valence-electron chi connectivity index (χ3n) is 10.3. The lowest BCUT2D eigenvalue weighted by Gasteiger charge is -2.33. The van der Waals surface area contributed by atoms with E-state index >= 15 is 13.2 Å². The number of terminal acetylenes is 1. The van der Waals surface area contributed by atoms with Crippen LogP contribution in [0, 0.1) is 31.0 Å². The van der Waals surface area contributed by atoms with Crippen LogP contribution < -0.4 is 15.4 Å². The van der Waals surface area contributed by atoms with Gasteiger partial charge >= 0.3 is 6.01 Å². The van der Waals surface area contributed by atoms with Gasteiger partial charge in [0.2, 0.25) is 0 Å². The predicted molar refractivity (Wildman–Crippen MR) is 171 cm³/mol. The summed E-state index contributed by atoms with van der Waals surface area (Å²) < 4.78 is 77.0. The molecule has 1 saturated carbocycles. The van der Waals surface area contributed by atoms with E-state index < -0.39 is 48.4 Å². The van der Waals surface area contributed by atoms with Gasteiger partial charge in [0.25, 0.3) is 0 Å². The maximum Gasteiger partial charge on any atom is 0.319 e. The molecule has 2 aromatic heterocycles. The number of ether oxygens (including phenoxy) is 2. The van der Waals surface area contributed by atoms with E-state index in [4.69, 9.17) is 24.4 Å². The van der Waals surface area contributed by atoms with Gasteiger partial charge in [-0.25, -0.2) is 13.2 Å². The van der Waals surface area contributed by atoms with Crippen molar-refractivity contribution in [2.45, 2.75) is 63.1 Å². The predicted octanol–water partition coefficient (Wildman–Crippen LogP) is 5.37. The van der Waals surface area contributed by atoms with Gasteiger partial charge in [-0.1, -0.05) is 18.1 Å². The zero-order valence-corrected chi connectivity index (χ0v) is 25.6. The molecular weight excluding hydrogens is 593 g/mol. The molecule has 46 heavy (non-hydrogen) atoms. The first-order valence-electron chi connectivity index (χ1n) is 16.7. The van der Waals surface area contributed by atoms with Crippen molar-refractivity contribution in [1.29, 1.82) is 0 Å². The summed E-state index contributed by atoms with van der Waals surface area (Å²) in [6, 6.07) is 5.60. The highest BCUT2D eigenvalue weighted by molar-refractivity contribution is 6.04. The van der Waals surface area contributed by atoms with Crippen molar-refractivity contribution in [1.82, 2.24) is 19.9 Å². The molecule has 0 spiro atoms. The third-order valence-corrected chi connectivity index (χ3v) is 10.3. The van der Waals surface area contributed by atoms with Crippen LogP contribution >= 0.6 is 0 Å². The van der Waals surface area contributed by atoms with Gasteiger partial charge in [0.05, 0.1) is 32.9 Å². The van der Waals surface area contributed by atoms with E-state index in [1.807, 2.05) is 24.0 Å². The minimum atomic E-state index is -2.44. The van der Waals surface area contributed by atoms with E-state index in [1.54, 1.807) is 24.0 Å². The van der Waals surface area contributed by atoms with Crippen LogP contribution in [0.2, 0.25) is 0 Å². The number of aryl methyl sites for hydroxylation is 1. The number of halogens is 3. The van der Waals surface area contributed by atoms with Gasteiger partial charge in [-0.15, -0.1) is 6.42 Å². The van der Waals surface area contributed by atoms with Gasteiger partial charge in [0.15, 0.2) is 5.82 Å². The van der Waals surface area contributed by atoms with Crippen LogP contribution in [0.25, 0.3) is 32.9 Å². The molecule has 0 bridgehead atoms. The Hall–Kier alpha value is -4.14. The fourth-order valence-electron chi connectivity index (χ4n) is 7.82.